The molecule has 0 saturated carbocycles. The Balaban J connectivity index is 0.000000441. The second-order valence-corrected chi connectivity index (χ2v) is 4.84. The summed E-state index contributed by atoms with van der Waals surface area (Å²) in [5.74, 6) is -1.84. The lowest BCUT2D eigenvalue weighted by atomic mass is 10.1. The van der Waals surface area contributed by atoms with Crippen LogP contribution in [0.3, 0.4) is 0 Å². The van der Waals surface area contributed by atoms with Crippen LogP contribution >= 0.6 is 0 Å². The number of aromatic hydroxyl groups is 1. The van der Waals surface area contributed by atoms with Gasteiger partial charge in [-0.15, -0.1) is 0 Å². The smallest absolute Gasteiger partial charge is 0.323 e. The summed E-state index contributed by atoms with van der Waals surface area (Å²) in [6, 6.07) is 5.42. The Morgan fingerprint density at radius 1 is 1.20 bits per heavy atom. The molecule has 7 nitrogen and oxygen atoms in total. The molecule has 7 N–H and O–H groups in total. The molecule has 1 rings (SSSR count). The van der Waals surface area contributed by atoms with Crippen molar-refractivity contribution in [3.8, 4) is 5.75 Å². The van der Waals surface area contributed by atoms with Gasteiger partial charge < -0.3 is 26.8 Å². The van der Waals surface area contributed by atoms with Gasteiger partial charge in [-0.3, -0.25) is 9.59 Å². The molecule has 0 radical (unpaired) electrons. The van der Waals surface area contributed by atoms with Gasteiger partial charge >= 0.3 is 11.9 Å². The Labute approximate surface area is 116 Å². The molecule has 7 heteroatoms. The van der Waals surface area contributed by atoms with Gasteiger partial charge in [0.15, 0.2) is 0 Å². The van der Waals surface area contributed by atoms with Crippen LogP contribution in [0.2, 0.25) is 0 Å². The van der Waals surface area contributed by atoms with E-state index in [0.29, 0.717) is 0 Å². The average Bonchev–Trinajstić information content (AvgIpc) is 2.31. The van der Waals surface area contributed by atoms with E-state index in [9.17, 15) is 9.59 Å². The molecule has 0 fully saturated rings. The van der Waals surface area contributed by atoms with E-state index in [1.54, 1.807) is 12.1 Å². The first-order valence-electron chi connectivity index (χ1n) is 5.82. The van der Waals surface area contributed by atoms with Crippen molar-refractivity contribution in [3.05, 3.63) is 29.8 Å². The zero-order valence-electron chi connectivity index (χ0n) is 11.4. The molecule has 1 aromatic rings. The number of carboxylic acid groups (broad SMARTS) is 2. The highest BCUT2D eigenvalue weighted by molar-refractivity contribution is 5.77. The molecule has 1 atom stereocenters. The third-order valence-electron chi connectivity index (χ3n) is 2.26. The monoisotopic (exact) mass is 284 g/mol. The van der Waals surface area contributed by atoms with E-state index < -0.39 is 23.5 Å². The summed E-state index contributed by atoms with van der Waals surface area (Å²) in [6.45, 7) is 2.88. The van der Waals surface area contributed by atoms with Crippen molar-refractivity contribution < 1.29 is 24.9 Å². The number of rotatable bonds is 4. The van der Waals surface area contributed by atoms with Crippen LogP contribution in [0.15, 0.2) is 24.3 Å². The summed E-state index contributed by atoms with van der Waals surface area (Å²) in [6.07, 6.45) is 0.273. The lowest BCUT2D eigenvalue weighted by molar-refractivity contribution is -0.142. The maximum absolute atomic E-state index is 10.4. The van der Waals surface area contributed by atoms with E-state index in [0.717, 1.165) is 5.56 Å². The summed E-state index contributed by atoms with van der Waals surface area (Å²) in [4.78, 5) is 20.3. The van der Waals surface area contributed by atoms with Crippen molar-refractivity contribution in [2.24, 2.45) is 11.5 Å². The van der Waals surface area contributed by atoms with E-state index in [4.69, 9.17) is 26.8 Å². The van der Waals surface area contributed by atoms with Gasteiger partial charge in [0.2, 0.25) is 0 Å². The van der Waals surface area contributed by atoms with E-state index >= 15 is 0 Å². The van der Waals surface area contributed by atoms with Gasteiger partial charge in [0.1, 0.15) is 17.3 Å². The van der Waals surface area contributed by atoms with Crippen LogP contribution in [0.4, 0.5) is 0 Å². The normalized spacial score (nSPS) is 12.0. The standard InChI is InChI=1S/C9H11NO3.C4H9NO2/c10-8(9(12)13)5-6-1-3-7(11)4-2-6;1-4(2,5)3(6)7/h1-4,8,11H,5,10H2,(H,12,13);5H2,1-2H3,(H,6,7)/t8-;/m0./s1. The first kappa shape index (κ1) is 17.9. The predicted molar refractivity (Wildman–Crippen MR) is 73.3 cm³/mol. The summed E-state index contributed by atoms with van der Waals surface area (Å²) in [5, 5.41) is 25.6. The quantitative estimate of drug-likeness (QED) is 0.528. The fourth-order valence-electron chi connectivity index (χ4n) is 0.973. The molecular formula is C13H20N2O5. The molecule has 0 aliphatic carbocycles. The van der Waals surface area contributed by atoms with E-state index in [1.165, 1.54) is 26.0 Å². The molecule has 0 bridgehead atoms. The minimum Gasteiger partial charge on any atom is -0.508 e. The topological polar surface area (TPSA) is 147 Å². The van der Waals surface area contributed by atoms with Gasteiger partial charge in [0, 0.05) is 0 Å². The van der Waals surface area contributed by atoms with Gasteiger partial charge in [-0.05, 0) is 38.0 Å². The Hall–Kier alpha value is -2.12. The van der Waals surface area contributed by atoms with E-state index in [2.05, 4.69) is 0 Å². The molecule has 0 saturated heterocycles. The second-order valence-electron chi connectivity index (χ2n) is 4.84. The summed E-state index contributed by atoms with van der Waals surface area (Å²) < 4.78 is 0. The largest absolute Gasteiger partial charge is 0.508 e. The molecule has 0 aromatic heterocycles. The maximum Gasteiger partial charge on any atom is 0.323 e. The lowest BCUT2D eigenvalue weighted by Crippen LogP contribution is -2.41. The fourth-order valence-corrected chi connectivity index (χ4v) is 0.973. The minimum absolute atomic E-state index is 0.160. The number of carbonyl (C=O) groups is 2. The average molecular weight is 284 g/mol. The Morgan fingerprint density at radius 2 is 1.60 bits per heavy atom. The van der Waals surface area contributed by atoms with Gasteiger partial charge in [-0.2, -0.15) is 0 Å². The Morgan fingerprint density at radius 3 is 1.90 bits per heavy atom. The second kappa shape index (κ2) is 7.46. The molecule has 112 valence electrons. The number of phenols is 1. The minimum atomic E-state index is -1.08. The van der Waals surface area contributed by atoms with Crippen LogP contribution in [0.25, 0.3) is 0 Å². The van der Waals surface area contributed by atoms with Crippen LogP contribution < -0.4 is 11.5 Å². The fraction of sp³-hybridized carbons (Fsp3) is 0.385. The maximum atomic E-state index is 10.4. The first-order valence-corrected chi connectivity index (χ1v) is 5.82. The molecule has 0 heterocycles. The van der Waals surface area contributed by atoms with Crippen LogP contribution in [0.5, 0.6) is 5.75 Å². The van der Waals surface area contributed by atoms with Crippen molar-refractivity contribution >= 4 is 11.9 Å². The SMILES string of the molecule is CC(C)(N)C(=O)O.N[C@@H](Cc1ccc(O)cc1)C(=O)O. The van der Waals surface area contributed by atoms with Gasteiger partial charge in [-0.25, -0.2) is 0 Å². The molecular weight excluding hydrogens is 264 g/mol. The highest BCUT2D eigenvalue weighted by Gasteiger charge is 2.19. The van der Waals surface area contributed by atoms with Crippen molar-refractivity contribution in [3.63, 3.8) is 0 Å². The molecule has 1 aromatic carbocycles. The molecule has 0 amide bonds. The van der Waals surface area contributed by atoms with Gasteiger partial charge in [0.05, 0.1) is 0 Å². The number of carboxylic acids is 2. The highest BCUT2D eigenvalue weighted by Crippen LogP contribution is 2.10. The highest BCUT2D eigenvalue weighted by atomic mass is 16.4. The molecule has 0 aliphatic rings. The Bertz CT molecular complexity index is 451. The number of aliphatic carboxylic acids is 2. The Kier molecular flexibility index (Phi) is 6.67. The lowest BCUT2D eigenvalue weighted by Gasteiger charge is -2.09. The van der Waals surface area contributed by atoms with Gasteiger partial charge in [0.25, 0.3) is 0 Å². The zero-order chi connectivity index (χ0) is 15.9. The van der Waals surface area contributed by atoms with Crippen molar-refractivity contribution in [2.75, 3.05) is 0 Å². The van der Waals surface area contributed by atoms with Crippen molar-refractivity contribution in [1.29, 1.82) is 0 Å². The van der Waals surface area contributed by atoms with Crippen LogP contribution in [-0.2, 0) is 16.0 Å². The van der Waals surface area contributed by atoms with Gasteiger partial charge in [-0.1, -0.05) is 12.1 Å². The third kappa shape index (κ3) is 7.34. The molecule has 20 heavy (non-hydrogen) atoms. The number of hydrogen-bond donors (Lipinski definition) is 5. The summed E-state index contributed by atoms with van der Waals surface area (Å²) in [7, 11) is 0. The number of phenolic OH excluding ortho intramolecular Hbond substituents is 1. The zero-order valence-corrected chi connectivity index (χ0v) is 11.4. The van der Waals surface area contributed by atoms with E-state index in [1.807, 2.05) is 0 Å². The summed E-state index contributed by atoms with van der Waals surface area (Å²) in [5.41, 5.74) is 10.1. The number of hydrogen-bond acceptors (Lipinski definition) is 5. The van der Waals surface area contributed by atoms with Crippen LogP contribution in [-0.4, -0.2) is 38.8 Å². The van der Waals surface area contributed by atoms with Crippen LogP contribution in [0, 0.1) is 0 Å². The summed E-state index contributed by atoms with van der Waals surface area (Å²) >= 11 is 0. The van der Waals surface area contributed by atoms with Crippen LogP contribution in [0.1, 0.15) is 19.4 Å². The predicted octanol–water partition coefficient (Wildman–Crippen LogP) is 0.155. The number of benzene rings is 1. The number of nitrogens with two attached hydrogens (primary N) is 2. The van der Waals surface area contributed by atoms with Crippen molar-refractivity contribution in [1.82, 2.24) is 0 Å². The third-order valence-corrected chi connectivity index (χ3v) is 2.26. The first-order chi connectivity index (χ1) is 9.04. The van der Waals surface area contributed by atoms with Crippen molar-refractivity contribution in [2.45, 2.75) is 31.8 Å². The molecule has 0 spiro atoms. The molecule has 0 unspecified atom stereocenters. The van der Waals surface area contributed by atoms with E-state index in [-0.39, 0.29) is 12.2 Å². The molecule has 0 aliphatic heterocycles.